The van der Waals surface area contributed by atoms with Crippen molar-refractivity contribution < 1.29 is 4.79 Å². The van der Waals surface area contributed by atoms with Crippen LogP contribution in [0.15, 0.2) is 36.4 Å². The molecule has 0 unspecified atom stereocenters. The lowest BCUT2D eigenvalue weighted by molar-refractivity contribution is 0.0688. The van der Waals surface area contributed by atoms with E-state index >= 15 is 0 Å². The van der Waals surface area contributed by atoms with Gasteiger partial charge in [-0.3, -0.25) is 9.48 Å². The third-order valence-electron chi connectivity index (χ3n) is 6.40. The molecule has 30 heavy (non-hydrogen) atoms. The molecular weight excluding hydrogens is 372 g/mol. The Bertz CT molecular complexity index is 1030. The molecule has 0 aliphatic carbocycles. The number of nitrogens with zero attached hydrogens (tertiary/aromatic N) is 4. The maximum absolute atomic E-state index is 13.5. The molecule has 0 atom stereocenters. The SMILES string of the molecule is Cc1nn(C)c2nc(C(C)C)cc(C(=O)N3CCC(CCc4ccccc4)CC3)c12. The van der Waals surface area contributed by atoms with E-state index in [0.717, 1.165) is 60.3 Å². The number of carbonyl (C=O) groups is 1. The molecule has 1 amide bonds. The Balaban J connectivity index is 1.48. The summed E-state index contributed by atoms with van der Waals surface area (Å²) in [5.41, 5.74) is 4.79. The molecule has 5 nitrogen and oxygen atoms in total. The number of pyridine rings is 1. The predicted octanol–water partition coefficient (Wildman–Crippen LogP) is 4.89. The van der Waals surface area contributed by atoms with Crippen molar-refractivity contribution in [2.45, 2.75) is 52.4 Å². The van der Waals surface area contributed by atoms with Gasteiger partial charge in [0, 0.05) is 25.8 Å². The Hall–Kier alpha value is -2.69. The third-order valence-corrected chi connectivity index (χ3v) is 6.40. The summed E-state index contributed by atoms with van der Waals surface area (Å²) in [4.78, 5) is 20.3. The summed E-state index contributed by atoms with van der Waals surface area (Å²) in [5, 5.41) is 5.43. The smallest absolute Gasteiger partial charge is 0.254 e. The standard InChI is InChI=1S/C25H32N4O/c1-17(2)22-16-21(23-18(3)27-28(4)24(23)26-22)25(30)29-14-12-20(13-15-29)11-10-19-8-6-5-7-9-19/h5-9,16-17,20H,10-15H2,1-4H3. The molecule has 0 spiro atoms. The Labute approximate surface area is 179 Å². The minimum atomic E-state index is 0.127. The first-order chi connectivity index (χ1) is 14.4. The maximum Gasteiger partial charge on any atom is 0.254 e. The van der Waals surface area contributed by atoms with Crippen molar-refractivity contribution in [3.63, 3.8) is 0 Å². The summed E-state index contributed by atoms with van der Waals surface area (Å²) in [6.45, 7) is 7.86. The molecule has 1 fully saturated rings. The first-order valence-corrected chi connectivity index (χ1v) is 11.1. The second-order valence-corrected chi connectivity index (χ2v) is 8.92. The summed E-state index contributed by atoms with van der Waals surface area (Å²) in [5.74, 6) is 1.08. The van der Waals surface area contributed by atoms with Crippen LogP contribution >= 0.6 is 0 Å². The van der Waals surface area contributed by atoms with Gasteiger partial charge in [-0.25, -0.2) is 4.98 Å². The van der Waals surface area contributed by atoms with Gasteiger partial charge >= 0.3 is 0 Å². The molecule has 3 aromatic rings. The average molecular weight is 405 g/mol. The molecule has 1 saturated heterocycles. The van der Waals surface area contributed by atoms with Gasteiger partial charge in [-0.2, -0.15) is 5.10 Å². The highest BCUT2D eigenvalue weighted by Crippen LogP contribution is 2.28. The fourth-order valence-electron chi connectivity index (χ4n) is 4.54. The van der Waals surface area contributed by atoms with Crippen molar-refractivity contribution in [3.05, 3.63) is 58.9 Å². The van der Waals surface area contributed by atoms with Crippen LogP contribution in [0.25, 0.3) is 11.0 Å². The van der Waals surface area contributed by atoms with E-state index in [4.69, 9.17) is 4.98 Å². The lowest BCUT2D eigenvalue weighted by atomic mass is 9.90. The molecule has 3 heterocycles. The van der Waals surface area contributed by atoms with E-state index in [1.165, 1.54) is 12.0 Å². The number of likely N-dealkylation sites (tertiary alicyclic amines) is 1. The van der Waals surface area contributed by atoms with Crippen LogP contribution in [0, 0.1) is 12.8 Å². The van der Waals surface area contributed by atoms with Crippen molar-refractivity contribution in [1.82, 2.24) is 19.7 Å². The number of hydrogen-bond acceptors (Lipinski definition) is 3. The highest BCUT2D eigenvalue weighted by molar-refractivity contribution is 6.06. The van der Waals surface area contributed by atoms with Gasteiger partial charge in [0.25, 0.3) is 5.91 Å². The third kappa shape index (κ3) is 4.11. The molecule has 1 aromatic carbocycles. The van der Waals surface area contributed by atoms with Crippen LogP contribution in [0.1, 0.15) is 66.3 Å². The molecule has 0 N–H and O–H groups in total. The van der Waals surface area contributed by atoms with Crippen molar-refractivity contribution in [1.29, 1.82) is 0 Å². The van der Waals surface area contributed by atoms with E-state index < -0.39 is 0 Å². The molecule has 0 saturated carbocycles. The van der Waals surface area contributed by atoms with Gasteiger partial charge in [0.15, 0.2) is 5.65 Å². The van der Waals surface area contributed by atoms with E-state index in [1.54, 1.807) is 4.68 Å². The first-order valence-electron chi connectivity index (χ1n) is 11.1. The van der Waals surface area contributed by atoms with Gasteiger partial charge in [0.05, 0.1) is 16.6 Å². The predicted molar refractivity (Wildman–Crippen MR) is 121 cm³/mol. The number of rotatable bonds is 5. The second kappa shape index (κ2) is 8.58. The summed E-state index contributed by atoms with van der Waals surface area (Å²) < 4.78 is 1.79. The zero-order valence-corrected chi connectivity index (χ0v) is 18.6. The molecule has 4 rings (SSSR count). The molecule has 5 heteroatoms. The maximum atomic E-state index is 13.5. The summed E-state index contributed by atoms with van der Waals surface area (Å²) in [6, 6.07) is 12.7. The van der Waals surface area contributed by atoms with Crippen molar-refractivity contribution in [2.24, 2.45) is 13.0 Å². The van der Waals surface area contributed by atoms with E-state index in [9.17, 15) is 4.79 Å². The second-order valence-electron chi connectivity index (χ2n) is 8.92. The average Bonchev–Trinajstić information content (AvgIpc) is 3.06. The number of aryl methyl sites for hydroxylation is 3. The van der Waals surface area contributed by atoms with Gasteiger partial charge in [-0.05, 0) is 56.1 Å². The van der Waals surface area contributed by atoms with Gasteiger partial charge in [-0.15, -0.1) is 0 Å². The molecule has 0 bridgehead atoms. The molecule has 1 aliphatic rings. The normalized spacial score (nSPS) is 15.3. The summed E-state index contributed by atoms with van der Waals surface area (Å²) in [7, 11) is 1.90. The van der Waals surface area contributed by atoms with Crippen LogP contribution in [-0.2, 0) is 13.5 Å². The Kier molecular flexibility index (Phi) is 5.89. The number of carbonyl (C=O) groups excluding carboxylic acids is 1. The first kappa shape index (κ1) is 20.6. The van der Waals surface area contributed by atoms with E-state index in [-0.39, 0.29) is 11.8 Å². The van der Waals surface area contributed by atoms with Gasteiger partial charge in [0.2, 0.25) is 0 Å². The number of fused-ring (bicyclic) bond motifs is 1. The quantitative estimate of drug-likeness (QED) is 0.609. The number of amides is 1. The molecule has 0 radical (unpaired) electrons. The van der Waals surface area contributed by atoms with Gasteiger partial charge in [0.1, 0.15) is 0 Å². The molecular formula is C25H32N4O. The van der Waals surface area contributed by atoms with Crippen LogP contribution < -0.4 is 0 Å². The van der Waals surface area contributed by atoms with Gasteiger partial charge < -0.3 is 4.90 Å². The zero-order valence-electron chi connectivity index (χ0n) is 18.6. The van der Waals surface area contributed by atoms with Crippen LogP contribution in [-0.4, -0.2) is 38.7 Å². The minimum Gasteiger partial charge on any atom is -0.339 e. The van der Waals surface area contributed by atoms with Crippen LogP contribution in [0.2, 0.25) is 0 Å². The minimum absolute atomic E-state index is 0.127. The highest BCUT2D eigenvalue weighted by Gasteiger charge is 2.27. The number of piperidine rings is 1. The fraction of sp³-hybridized carbons (Fsp3) is 0.480. The Morgan fingerprint density at radius 2 is 1.87 bits per heavy atom. The number of benzene rings is 1. The molecule has 158 valence electrons. The summed E-state index contributed by atoms with van der Waals surface area (Å²) >= 11 is 0. The van der Waals surface area contributed by atoms with E-state index in [1.807, 2.05) is 24.9 Å². The number of aromatic nitrogens is 3. The number of hydrogen-bond donors (Lipinski definition) is 0. The van der Waals surface area contributed by atoms with E-state index in [2.05, 4.69) is 49.3 Å². The Morgan fingerprint density at radius 1 is 1.17 bits per heavy atom. The lowest BCUT2D eigenvalue weighted by Gasteiger charge is -2.32. The Morgan fingerprint density at radius 3 is 2.53 bits per heavy atom. The topological polar surface area (TPSA) is 51.0 Å². The molecule has 1 aliphatic heterocycles. The van der Waals surface area contributed by atoms with E-state index in [0.29, 0.717) is 5.92 Å². The van der Waals surface area contributed by atoms with Gasteiger partial charge in [-0.1, -0.05) is 44.2 Å². The zero-order chi connectivity index (χ0) is 21.3. The van der Waals surface area contributed by atoms with Crippen molar-refractivity contribution in [2.75, 3.05) is 13.1 Å². The molecule has 2 aromatic heterocycles. The highest BCUT2D eigenvalue weighted by atomic mass is 16.2. The largest absolute Gasteiger partial charge is 0.339 e. The lowest BCUT2D eigenvalue weighted by Crippen LogP contribution is -2.38. The monoisotopic (exact) mass is 404 g/mol. The van der Waals surface area contributed by atoms with Crippen molar-refractivity contribution >= 4 is 16.9 Å². The fourth-order valence-corrected chi connectivity index (χ4v) is 4.54. The van der Waals surface area contributed by atoms with Crippen LogP contribution in [0.3, 0.4) is 0 Å². The van der Waals surface area contributed by atoms with Crippen LogP contribution in [0.4, 0.5) is 0 Å². The van der Waals surface area contributed by atoms with Crippen molar-refractivity contribution in [3.8, 4) is 0 Å². The van der Waals surface area contributed by atoms with Crippen LogP contribution in [0.5, 0.6) is 0 Å². The summed E-state index contributed by atoms with van der Waals surface area (Å²) in [6.07, 6.45) is 4.48.